The zero-order chi connectivity index (χ0) is 11.4. The Labute approximate surface area is 94.4 Å². The lowest BCUT2D eigenvalue weighted by Crippen LogP contribution is -2.31. The number of rotatable bonds is 4. The number of nitrogens with zero attached hydrogens (tertiary/aromatic N) is 2. The van der Waals surface area contributed by atoms with E-state index in [-0.39, 0.29) is 18.7 Å². The summed E-state index contributed by atoms with van der Waals surface area (Å²) >= 11 is 3.17. The molecule has 1 N–H and O–H groups in total. The van der Waals surface area contributed by atoms with Crippen molar-refractivity contribution in [3.05, 3.63) is 16.4 Å². The molecule has 0 saturated heterocycles. The maximum atomic E-state index is 11.4. The number of carboxylic acids is 1. The average molecular weight is 275 g/mol. The number of aromatic nitrogens is 2. The van der Waals surface area contributed by atoms with Gasteiger partial charge in [-0.2, -0.15) is 5.10 Å². The summed E-state index contributed by atoms with van der Waals surface area (Å²) in [4.78, 5) is 21.5. The van der Waals surface area contributed by atoms with Gasteiger partial charge in [0, 0.05) is 32.2 Å². The van der Waals surface area contributed by atoms with Crippen LogP contribution in [0.25, 0.3) is 0 Å². The first-order chi connectivity index (χ1) is 7.00. The fourth-order valence-electron chi connectivity index (χ4n) is 0.975. The van der Waals surface area contributed by atoms with Gasteiger partial charge in [0.25, 0.3) is 5.91 Å². The van der Waals surface area contributed by atoms with Crippen LogP contribution in [0.15, 0.2) is 10.7 Å². The van der Waals surface area contributed by atoms with E-state index in [1.807, 2.05) is 0 Å². The van der Waals surface area contributed by atoms with Crippen LogP contribution in [0.1, 0.15) is 16.9 Å². The number of carbonyl (C=O) groups is 2. The van der Waals surface area contributed by atoms with Crippen LogP contribution in [-0.4, -0.2) is 28.2 Å². The highest BCUT2D eigenvalue weighted by molar-refractivity contribution is 9.10. The van der Waals surface area contributed by atoms with Crippen molar-refractivity contribution in [2.24, 2.45) is 7.05 Å². The van der Waals surface area contributed by atoms with Crippen LogP contribution in [0.4, 0.5) is 0 Å². The van der Waals surface area contributed by atoms with Gasteiger partial charge in [-0.3, -0.25) is 9.48 Å². The number of carboxylic acid groups (broad SMARTS) is 1. The molecular formula is C8H9BrN3O3-. The molecule has 0 aromatic carbocycles. The Hall–Kier alpha value is -1.37. The van der Waals surface area contributed by atoms with Gasteiger partial charge in [-0.1, -0.05) is 0 Å². The molecule has 7 heteroatoms. The van der Waals surface area contributed by atoms with Gasteiger partial charge in [0.1, 0.15) is 0 Å². The Balaban J connectivity index is 2.54. The maximum absolute atomic E-state index is 11.4. The molecule has 0 aliphatic heterocycles. The normalized spacial score (nSPS) is 10.0. The first-order valence-electron chi connectivity index (χ1n) is 4.18. The van der Waals surface area contributed by atoms with Crippen molar-refractivity contribution in [2.45, 2.75) is 6.42 Å². The molecule has 1 aromatic rings. The van der Waals surface area contributed by atoms with E-state index in [0.717, 1.165) is 0 Å². The Morgan fingerprint density at radius 1 is 1.67 bits per heavy atom. The summed E-state index contributed by atoms with van der Waals surface area (Å²) in [7, 11) is 1.68. The van der Waals surface area contributed by atoms with E-state index >= 15 is 0 Å². The quantitative estimate of drug-likeness (QED) is 0.767. The zero-order valence-electron chi connectivity index (χ0n) is 7.99. The molecule has 0 atom stereocenters. The predicted molar refractivity (Wildman–Crippen MR) is 52.9 cm³/mol. The Morgan fingerprint density at radius 3 is 2.80 bits per heavy atom. The second-order valence-corrected chi connectivity index (χ2v) is 3.73. The van der Waals surface area contributed by atoms with Gasteiger partial charge in [0.05, 0.1) is 4.47 Å². The molecule has 0 radical (unpaired) electrons. The number of carbonyl (C=O) groups excluding carboxylic acids is 2. The van der Waals surface area contributed by atoms with Crippen LogP contribution in [-0.2, 0) is 11.8 Å². The zero-order valence-corrected chi connectivity index (χ0v) is 9.57. The van der Waals surface area contributed by atoms with Crippen molar-refractivity contribution in [3.8, 4) is 0 Å². The van der Waals surface area contributed by atoms with Gasteiger partial charge in [-0.15, -0.1) is 0 Å². The molecule has 82 valence electrons. The van der Waals surface area contributed by atoms with Crippen LogP contribution >= 0.6 is 15.9 Å². The molecular weight excluding hydrogens is 266 g/mol. The van der Waals surface area contributed by atoms with Crippen molar-refractivity contribution in [2.75, 3.05) is 6.54 Å². The van der Waals surface area contributed by atoms with Crippen LogP contribution in [0.5, 0.6) is 0 Å². The highest BCUT2D eigenvalue weighted by Crippen LogP contribution is 2.13. The average Bonchev–Trinajstić information content (AvgIpc) is 2.44. The van der Waals surface area contributed by atoms with Gasteiger partial charge in [0.15, 0.2) is 5.69 Å². The molecule has 0 aliphatic rings. The van der Waals surface area contributed by atoms with Crippen LogP contribution < -0.4 is 10.4 Å². The van der Waals surface area contributed by atoms with Crippen LogP contribution in [0.3, 0.4) is 0 Å². The van der Waals surface area contributed by atoms with E-state index in [4.69, 9.17) is 0 Å². The molecule has 0 fully saturated rings. The van der Waals surface area contributed by atoms with Crippen molar-refractivity contribution in [1.82, 2.24) is 15.1 Å². The minimum atomic E-state index is -1.20. The van der Waals surface area contributed by atoms with Gasteiger partial charge >= 0.3 is 0 Å². The lowest BCUT2D eigenvalue weighted by Gasteiger charge is -2.03. The molecule has 0 saturated carbocycles. The van der Waals surface area contributed by atoms with Crippen molar-refractivity contribution >= 4 is 27.8 Å². The summed E-state index contributed by atoms with van der Waals surface area (Å²) < 4.78 is 2.05. The third-order valence-electron chi connectivity index (χ3n) is 1.61. The summed E-state index contributed by atoms with van der Waals surface area (Å²) in [5.41, 5.74) is 0.232. The Kier molecular flexibility index (Phi) is 3.84. The Bertz CT molecular complexity index is 388. The molecule has 0 bridgehead atoms. The molecule has 0 aliphatic carbocycles. The molecule has 15 heavy (non-hydrogen) atoms. The third kappa shape index (κ3) is 3.35. The standard InChI is InChI=1S/C8H10BrN3O3/c1-12-4-5(9)7(11-12)8(15)10-3-2-6(13)14/h4H,2-3H2,1H3,(H,10,15)(H,13,14)/p-1. The molecule has 1 heterocycles. The number of hydrogen-bond donors (Lipinski definition) is 1. The van der Waals surface area contributed by atoms with E-state index < -0.39 is 11.9 Å². The summed E-state index contributed by atoms with van der Waals surface area (Å²) in [6.07, 6.45) is 1.42. The Morgan fingerprint density at radius 2 is 2.33 bits per heavy atom. The molecule has 1 amide bonds. The molecule has 6 nitrogen and oxygen atoms in total. The summed E-state index contributed by atoms with van der Waals surface area (Å²) in [6.45, 7) is 0.0319. The fraction of sp³-hybridized carbons (Fsp3) is 0.375. The number of aryl methyl sites for hydroxylation is 1. The minimum absolute atomic E-state index is 0.0319. The highest BCUT2D eigenvalue weighted by Gasteiger charge is 2.13. The maximum Gasteiger partial charge on any atom is 0.272 e. The number of amides is 1. The van der Waals surface area contributed by atoms with Gasteiger partial charge in [0.2, 0.25) is 0 Å². The van der Waals surface area contributed by atoms with Gasteiger partial charge in [-0.25, -0.2) is 0 Å². The SMILES string of the molecule is Cn1cc(Br)c(C(=O)NCCC(=O)[O-])n1. The van der Waals surface area contributed by atoms with Gasteiger partial charge in [-0.05, 0) is 15.9 Å². The molecule has 0 spiro atoms. The first-order valence-corrected chi connectivity index (χ1v) is 4.97. The smallest absolute Gasteiger partial charge is 0.272 e. The second-order valence-electron chi connectivity index (χ2n) is 2.88. The highest BCUT2D eigenvalue weighted by atomic mass is 79.9. The minimum Gasteiger partial charge on any atom is -0.550 e. The molecule has 1 aromatic heterocycles. The number of halogens is 1. The second kappa shape index (κ2) is 4.92. The molecule has 0 unspecified atom stereocenters. The van der Waals surface area contributed by atoms with Crippen molar-refractivity contribution < 1.29 is 14.7 Å². The number of hydrogen-bond acceptors (Lipinski definition) is 4. The van der Waals surface area contributed by atoms with Crippen LogP contribution in [0, 0.1) is 0 Å². The third-order valence-corrected chi connectivity index (χ3v) is 2.19. The number of aliphatic carboxylic acids is 1. The lowest BCUT2D eigenvalue weighted by atomic mass is 10.4. The van der Waals surface area contributed by atoms with E-state index in [1.54, 1.807) is 13.2 Å². The van der Waals surface area contributed by atoms with E-state index in [0.29, 0.717) is 4.47 Å². The van der Waals surface area contributed by atoms with Crippen molar-refractivity contribution in [3.63, 3.8) is 0 Å². The number of nitrogens with one attached hydrogen (secondary N) is 1. The van der Waals surface area contributed by atoms with Crippen LogP contribution in [0.2, 0.25) is 0 Å². The summed E-state index contributed by atoms with van der Waals surface area (Å²) in [5.74, 6) is -1.61. The van der Waals surface area contributed by atoms with E-state index in [2.05, 4.69) is 26.3 Å². The van der Waals surface area contributed by atoms with Crippen molar-refractivity contribution in [1.29, 1.82) is 0 Å². The summed E-state index contributed by atoms with van der Waals surface area (Å²) in [6, 6.07) is 0. The first kappa shape index (κ1) is 11.7. The fourth-order valence-corrected chi connectivity index (χ4v) is 1.53. The topological polar surface area (TPSA) is 87.0 Å². The molecule has 1 rings (SSSR count). The largest absolute Gasteiger partial charge is 0.550 e. The van der Waals surface area contributed by atoms with Gasteiger partial charge < -0.3 is 15.2 Å². The predicted octanol–water partition coefficient (Wildman–Crippen LogP) is -0.948. The monoisotopic (exact) mass is 274 g/mol. The lowest BCUT2D eigenvalue weighted by molar-refractivity contribution is -0.305. The summed E-state index contributed by atoms with van der Waals surface area (Å²) in [5, 5.41) is 16.4. The van der Waals surface area contributed by atoms with E-state index in [9.17, 15) is 14.7 Å². The van der Waals surface area contributed by atoms with E-state index in [1.165, 1.54) is 4.68 Å².